The van der Waals surface area contributed by atoms with E-state index in [4.69, 9.17) is 9.84 Å². The number of non-ortho nitro benzene ring substituents is 1. The molecule has 1 unspecified atom stereocenters. The van der Waals surface area contributed by atoms with Crippen LogP contribution in [0.3, 0.4) is 0 Å². The molecule has 1 aliphatic rings. The summed E-state index contributed by atoms with van der Waals surface area (Å²) in [6.45, 7) is 2.33. The molecule has 8 heteroatoms. The van der Waals surface area contributed by atoms with Crippen LogP contribution in [-0.2, 0) is 16.1 Å². The van der Waals surface area contributed by atoms with Gasteiger partial charge in [0.25, 0.3) is 5.69 Å². The van der Waals surface area contributed by atoms with Crippen molar-refractivity contribution in [1.82, 2.24) is 4.90 Å². The van der Waals surface area contributed by atoms with Crippen molar-refractivity contribution in [1.29, 1.82) is 0 Å². The average Bonchev–Trinajstić information content (AvgIpc) is 2.40. The highest BCUT2D eigenvalue weighted by molar-refractivity contribution is 9.10. The summed E-state index contributed by atoms with van der Waals surface area (Å²) in [7, 11) is 0. The summed E-state index contributed by atoms with van der Waals surface area (Å²) in [4.78, 5) is 23.1. The Morgan fingerprint density at radius 2 is 2.33 bits per heavy atom. The molecule has 1 aromatic carbocycles. The lowest BCUT2D eigenvalue weighted by atomic mass is 10.1. The highest BCUT2D eigenvalue weighted by Gasteiger charge is 2.23. The number of carbonyl (C=O) groups is 1. The Balaban J connectivity index is 2.01. The number of carboxylic acid groups (broad SMARTS) is 1. The zero-order chi connectivity index (χ0) is 15.4. The van der Waals surface area contributed by atoms with Gasteiger partial charge in [0.1, 0.15) is 0 Å². The van der Waals surface area contributed by atoms with E-state index < -0.39 is 10.9 Å². The van der Waals surface area contributed by atoms with Gasteiger partial charge in [-0.25, -0.2) is 0 Å². The summed E-state index contributed by atoms with van der Waals surface area (Å²) in [5, 5.41) is 19.5. The largest absolute Gasteiger partial charge is 0.481 e. The summed E-state index contributed by atoms with van der Waals surface area (Å²) in [5.41, 5.74) is 0.966. The Bertz CT molecular complexity index is 551. The molecule has 0 spiro atoms. The number of nitro groups is 1. The predicted octanol–water partition coefficient (Wildman–Crippen LogP) is 2.03. The first-order chi connectivity index (χ1) is 9.95. The van der Waals surface area contributed by atoms with Gasteiger partial charge < -0.3 is 9.84 Å². The molecular formula is C13H15BrN2O5. The number of morpholine rings is 1. The highest BCUT2D eigenvalue weighted by atomic mass is 79.9. The average molecular weight is 359 g/mol. The van der Waals surface area contributed by atoms with Crippen LogP contribution in [0.25, 0.3) is 0 Å². The number of carboxylic acids is 1. The predicted molar refractivity (Wildman–Crippen MR) is 78.1 cm³/mol. The normalized spacial score (nSPS) is 19.4. The molecule has 2 rings (SSSR count). The topological polar surface area (TPSA) is 92.9 Å². The second kappa shape index (κ2) is 6.97. The summed E-state index contributed by atoms with van der Waals surface area (Å²) >= 11 is 3.34. The van der Waals surface area contributed by atoms with Crippen molar-refractivity contribution < 1.29 is 19.6 Å². The molecule has 1 heterocycles. The maximum Gasteiger partial charge on any atom is 0.306 e. The number of hydrogen-bond donors (Lipinski definition) is 1. The number of aliphatic carboxylic acids is 1. The second-order valence-electron chi connectivity index (χ2n) is 4.86. The van der Waals surface area contributed by atoms with Crippen LogP contribution in [0, 0.1) is 10.1 Å². The molecule has 7 nitrogen and oxygen atoms in total. The summed E-state index contributed by atoms with van der Waals surface area (Å²) in [5.74, 6) is -0.877. The van der Waals surface area contributed by atoms with Crippen molar-refractivity contribution in [3.8, 4) is 0 Å². The molecule has 0 amide bonds. The minimum absolute atomic E-state index is 0.0159. The third-order valence-electron chi connectivity index (χ3n) is 3.27. The lowest BCUT2D eigenvalue weighted by Crippen LogP contribution is -2.42. The maximum absolute atomic E-state index is 10.7. The van der Waals surface area contributed by atoms with Gasteiger partial charge in [-0.2, -0.15) is 0 Å². The zero-order valence-corrected chi connectivity index (χ0v) is 12.8. The van der Waals surface area contributed by atoms with Crippen molar-refractivity contribution in [2.45, 2.75) is 19.1 Å². The van der Waals surface area contributed by atoms with Gasteiger partial charge in [0.15, 0.2) is 0 Å². The second-order valence-corrected chi connectivity index (χ2v) is 5.71. The molecule has 0 bridgehead atoms. The quantitative estimate of drug-likeness (QED) is 0.639. The number of halogens is 1. The van der Waals surface area contributed by atoms with Gasteiger partial charge in [0.2, 0.25) is 0 Å². The Morgan fingerprint density at radius 1 is 1.57 bits per heavy atom. The van der Waals surface area contributed by atoms with E-state index >= 15 is 0 Å². The van der Waals surface area contributed by atoms with Crippen LogP contribution in [0.2, 0.25) is 0 Å². The zero-order valence-electron chi connectivity index (χ0n) is 11.2. The smallest absolute Gasteiger partial charge is 0.306 e. The number of nitrogens with zero attached hydrogens (tertiary/aromatic N) is 2. The molecule has 1 N–H and O–H groups in total. The number of nitro benzene ring substituents is 1. The monoisotopic (exact) mass is 358 g/mol. The molecule has 1 fully saturated rings. The van der Waals surface area contributed by atoms with E-state index in [0.717, 1.165) is 5.56 Å². The van der Waals surface area contributed by atoms with Gasteiger partial charge in [0, 0.05) is 36.2 Å². The molecule has 0 aliphatic carbocycles. The van der Waals surface area contributed by atoms with Gasteiger partial charge in [-0.05, 0) is 11.6 Å². The van der Waals surface area contributed by atoms with Gasteiger partial charge in [0.05, 0.1) is 24.1 Å². The van der Waals surface area contributed by atoms with Crippen LogP contribution >= 0.6 is 15.9 Å². The van der Waals surface area contributed by atoms with Gasteiger partial charge >= 0.3 is 5.97 Å². The molecule has 21 heavy (non-hydrogen) atoms. The lowest BCUT2D eigenvalue weighted by molar-refractivity contribution is -0.384. The van der Waals surface area contributed by atoms with Crippen molar-refractivity contribution in [3.63, 3.8) is 0 Å². The summed E-state index contributed by atoms with van der Waals surface area (Å²) in [6.07, 6.45) is -0.328. The van der Waals surface area contributed by atoms with E-state index in [9.17, 15) is 14.9 Å². The fourth-order valence-electron chi connectivity index (χ4n) is 2.26. The van der Waals surface area contributed by atoms with Crippen LogP contribution in [0.15, 0.2) is 22.7 Å². The first-order valence-corrected chi connectivity index (χ1v) is 7.23. The third-order valence-corrected chi connectivity index (χ3v) is 4.00. The molecule has 0 aromatic heterocycles. The van der Waals surface area contributed by atoms with E-state index in [1.807, 2.05) is 0 Å². The number of benzene rings is 1. The first kappa shape index (κ1) is 15.9. The van der Waals surface area contributed by atoms with E-state index in [0.29, 0.717) is 30.7 Å². The fraction of sp³-hybridized carbons (Fsp3) is 0.462. The Labute approximate surface area is 129 Å². The van der Waals surface area contributed by atoms with Gasteiger partial charge in [-0.15, -0.1) is 0 Å². The number of rotatable bonds is 5. The standard InChI is InChI=1S/C13H15BrN2O5/c14-12-5-10(16(19)20)2-1-9(12)7-15-3-4-21-11(8-15)6-13(17)18/h1-2,5,11H,3-4,6-8H2,(H,17,18). The Morgan fingerprint density at radius 3 is 2.95 bits per heavy atom. The minimum Gasteiger partial charge on any atom is -0.481 e. The molecule has 0 saturated carbocycles. The maximum atomic E-state index is 10.7. The molecule has 1 aliphatic heterocycles. The van der Waals surface area contributed by atoms with Crippen molar-refractivity contribution in [2.75, 3.05) is 19.7 Å². The summed E-state index contributed by atoms with van der Waals surface area (Å²) in [6, 6.07) is 4.66. The van der Waals surface area contributed by atoms with Gasteiger partial charge in [-0.3, -0.25) is 19.8 Å². The Hall–Kier alpha value is -1.51. The fourth-order valence-corrected chi connectivity index (χ4v) is 2.75. The minimum atomic E-state index is -0.877. The van der Waals surface area contributed by atoms with Crippen LogP contribution < -0.4 is 0 Å². The lowest BCUT2D eigenvalue weighted by Gasteiger charge is -2.32. The highest BCUT2D eigenvalue weighted by Crippen LogP contribution is 2.25. The van der Waals surface area contributed by atoms with E-state index in [2.05, 4.69) is 20.8 Å². The SMILES string of the molecule is O=C(O)CC1CN(Cc2ccc([N+](=O)[O-])cc2Br)CCO1. The molecule has 1 saturated heterocycles. The van der Waals surface area contributed by atoms with Crippen LogP contribution in [0.1, 0.15) is 12.0 Å². The van der Waals surface area contributed by atoms with Crippen LogP contribution in [0.5, 0.6) is 0 Å². The first-order valence-electron chi connectivity index (χ1n) is 6.44. The van der Waals surface area contributed by atoms with Crippen molar-refractivity contribution in [3.05, 3.63) is 38.3 Å². The molecule has 1 atom stereocenters. The summed E-state index contributed by atoms with van der Waals surface area (Å²) < 4.78 is 6.09. The third kappa shape index (κ3) is 4.48. The molecule has 114 valence electrons. The molecule has 1 aromatic rings. The van der Waals surface area contributed by atoms with E-state index in [1.54, 1.807) is 6.07 Å². The van der Waals surface area contributed by atoms with Crippen molar-refractivity contribution in [2.24, 2.45) is 0 Å². The Kier molecular flexibility index (Phi) is 5.27. The van der Waals surface area contributed by atoms with E-state index in [1.165, 1.54) is 12.1 Å². The molecular weight excluding hydrogens is 344 g/mol. The van der Waals surface area contributed by atoms with Crippen LogP contribution in [-0.4, -0.2) is 46.7 Å². The number of ether oxygens (including phenoxy) is 1. The molecule has 0 radical (unpaired) electrons. The van der Waals surface area contributed by atoms with Crippen molar-refractivity contribution >= 4 is 27.6 Å². The number of hydrogen-bond acceptors (Lipinski definition) is 5. The van der Waals surface area contributed by atoms with Gasteiger partial charge in [-0.1, -0.05) is 15.9 Å². The van der Waals surface area contributed by atoms with E-state index in [-0.39, 0.29) is 18.2 Å². The van der Waals surface area contributed by atoms with Crippen LogP contribution in [0.4, 0.5) is 5.69 Å².